The van der Waals surface area contributed by atoms with Gasteiger partial charge in [0.1, 0.15) is 5.75 Å². The van der Waals surface area contributed by atoms with Crippen molar-refractivity contribution in [3.05, 3.63) is 125 Å². The molecule has 0 radical (unpaired) electrons. The second-order valence-electron chi connectivity index (χ2n) is 10.1. The maximum absolute atomic E-state index is 13.0. The average molecular weight is 534 g/mol. The molecule has 2 amide bonds. The van der Waals surface area contributed by atoms with E-state index in [0.717, 1.165) is 22.4 Å². The quantitative estimate of drug-likeness (QED) is 0.159. The van der Waals surface area contributed by atoms with Crippen LogP contribution in [0, 0.1) is 0 Å². The van der Waals surface area contributed by atoms with Gasteiger partial charge in [0.25, 0.3) is 0 Å². The third kappa shape index (κ3) is 7.44. The monoisotopic (exact) mass is 533 g/mol. The maximum Gasteiger partial charge on any atom is 0.319 e. The molecule has 1 aromatic heterocycles. The summed E-state index contributed by atoms with van der Waals surface area (Å²) in [5, 5.41) is 5.99. The molecule has 204 valence electrons. The predicted octanol–water partition coefficient (Wildman–Crippen LogP) is 8.34. The Morgan fingerprint density at radius 3 is 2.25 bits per heavy atom. The van der Waals surface area contributed by atoms with Crippen LogP contribution in [-0.4, -0.2) is 16.8 Å². The van der Waals surface area contributed by atoms with Gasteiger partial charge >= 0.3 is 6.03 Å². The Hall–Kier alpha value is -4.71. The Morgan fingerprint density at radius 2 is 1.55 bits per heavy atom. The van der Waals surface area contributed by atoms with Crippen molar-refractivity contribution < 1.29 is 14.3 Å². The second kappa shape index (κ2) is 13.4. The van der Waals surface area contributed by atoms with Crippen LogP contribution in [-0.2, 0) is 6.54 Å². The Bertz CT molecular complexity index is 1470. The summed E-state index contributed by atoms with van der Waals surface area (Å²) in [5.41, 5.74) is 5.11. The standard InChI is InChI=1S/C34H35N3O3/c1-23(2)29-16-9-17-30(24(3)4)32(29)37-34(39)36-22-25-11-8-12-27(21-25)31(38)19-18-26-13-10-20-35-33(26)40-28-14-6-5-7-15-28/h5-21,23-24H,22H2,1-4H3,(H2,36,37,39). The molecule has 1 heterocycles. The van der Waals surface area contributed by atoms with Crippen molar-refractivity contribution in [3.63, 3.8) is 0 Å². The maximum atomic E-state index is 13.0. The van der Waals surface area contributed by atoms with Crippen LogP contribution in [0.1, 0.15) is 72.1 Å². The van der Waals surface area contributed by atoms with E-state index in [9.17, 15) is 9.59 Å². The fourth-order valence-corrected chi connectivity index (χ4v) is 4.35. The number of carbonyl (C=O) groups is 2. The smallest absolute Gasteiger partial charge is 0.319 e. The first-order valence-corrected chi connectivity index (χ1v) is 13.5. The minimum Gasteiger partial charge on any atom is -0.438 e. The topological polar surface area (TPSA) is 80.3 Å². The lowest BCUT2D eigenvalue weighted by Crippen LogP contribution is -2.29. The van der Waals surface area contributed by atoms with E-state index in [-0.39, 0.29) is 30.2 Å². The molecule has 0 atom stereocenters. The van der Waals surface area contributed by atoms with Gasteiger partial charge in [0.2, 0.25) is 5.88 Å². The zero-order valence-corrected chi connectivity index (χ0v) is 23.3. The van der Waals surface area contributed by atoms with Crippen LogP contribution in [0.2, 0.25) is 0 Å². The summed E-state index contributed by atoms with van der Waals surface area (Å²) in [7, 11) is 0. The van der Waals surface area contributed by atoms with Crippen LogP contribution in [0.15, 0.2) is 97.2 Å². The first-order chi connectivity index (χ1) is 19.3. The number of benzene rings is 3. The molecule has 3 aromatic carbocycles. The Labute approximate surface area is 236 Å². The molecule has 0 aliphatic heterocycles. The van der Waals surface area contributed by atoms with Gasteiger partial charge in [-0.2, -0.15) is 0 Å². The van der Waals surface area contributed by atoms with Crippen molar-refractivity contribution in [2.75, 3.05) is 5.32 Å². The number of rotatable bonds is 10. The van der Waals surface area contributed by atoms with Gasteiger partial charge in [0.05, 0.1) is 0 Å². The van der Waals surface area contributed by atoms with E-state index in [2.05, 4.69) is 55.4 Å². The number of nitrogens with one attached hydrogen (secondary N) is 2. The molecule has 0 spiro atoms. The number of allylic oxidation sites excluding steroid dienone is 1. The highest BCUT2D eigenvalue weighted by Gasteiger charge is 2.16. The van der Waals surface area contributed by atoms with Gasteiger partial charge in [0.15, 0.2) is 5.78 Å². The van der Waals surface area contributed by atoms with E-state index < -0.39 is 0 Å². The fourth-order valence-electron chi connectivity index (χ4n) is 4.35. The molecule has 4 aromatic rings. The molecule has 6 nitrogen and oxygen atoms in total. The third-order valence-corrected chi connectivity index (χ3v) is 6.45. The number of ether oxygens (including phenoxy) is 1. The summed E-state index contributed by atoms with van der Waals surface area (Å²) in [6, 6.07) is 26.1. The first-order valence-electron chi connectivity index (χ1n) is 13.5. The minimum absolute atomic E-state index is 0.159. The van der Waals surface area contributed by atoms with E-state index in [1.54, 1.807) is 30.5 Å². The highest BCUT2D eigenvalue weighted by atomic mass is 16.5. The summed E-state index contributed by atoms with van der Waals surface area (Å²) in [6.07, 6.45) is 4.85. The van der Waals surface area contributed by atoms with Gasteiger partial charge < -0.3 is 15.4 Å². The molecule has 0 unspecified atom stereocenters. The number of urea groups is 1. The zero-order valence-electron chi connectivity index (χ0n) is 23.3. The predicted molar refractivity (Wildman–Crippen MR) is 161 cm³/mol. The Balaban J connectivity index is 1.41. The number of hydrogen-bond donors (Lipinski definition) is 2. The van der Waals surface area contributed by atoms with Crippen LogP contribution in [0.3, 0.4) is 0 Å². The summed E-state index contributed by atoms with van der Waals surface area (Å²) >= 11 is 0. The molecule has 2 N–H and O–H groups in total. The minimum atomic E-state index is -0.283. The van der Waals surface area contributed by atoms with Gasteiger partial charge in [-0.05, 0) is 71.0 Å². The van der Waals surface area contributed by atoms with Crippen LogP contribution in [0.4, 0.5) is 10.5 Å². The summed E-state index contributed by atoms with van der Waals surface area (Å²) in [5.74, 6) is 1.48. The van der Waals surface area contributed by atoms with Crippen molar-refractivity contribution >= 4 is 23.6 Å². The van der Waals surface area contributed by atoms with Gasteiger partial charge in [-0.15, -0.1) is 0 Å². The number of hydrogen-bond acceptors (Lipinski definition) is 4. The first kappa shape index (κ1) is 28.3. The Kier molecular flexibility index (Phi) is 9.47. The van der Waals surface area contributed by atoms with E-state index in [1.807, 2.05) is 54.6 Å². The molecular formula is C34H35N3O3. The van der Waals surface area contributed by atoms with E-state index in [0.29, 0.717) is 22.8 Å². The van der Waals surface area contributed by atoms with Crippen LogP contribution in [0.25, 0.3) is 6.08 Å². The lowest BCUT2D eigenvalue weighted by Gasteiger charge is -2.20. The lowest BCUT2D eigenvalue weighted by molar-refractivity contribution is 0.104. The summed E-state index contributed by atoms with van der Waals surface area (Å²) < 4.78 is 5.88. The number of aromatic nitrogens is 1. The van der Waals surface area contributed by atoms with Gasteiger partial charge in [0, 0.05) is 29.6 Å². The molecule has 0 saturated heterocycles. The highest BCUT2D eigenvalue weighted by molar-refractivity contribution is 6.07. The zero-order chi connectivity index (χ0) is 28.5. The molecule has 0 saturated carbocycles. The summed E-state index contributed by atoms with van der Waals surface area (Å²) in [4.78, 5) is 30.1. The number of nitrogens with zero attached hydrogens (tertiary/aromatic N) is 1. The molecule has 40 heavy (non-hydrogen) atoms. The van der Waals surface area contributed by atoms with Crippen molar-refractivity contribution in [2.45, 2.75) is 46.1 Å². The summed E-state index contributed by atoms with van der Waals surface area (Å²) in [6.45, 7) is 8.75. The van der Waals surface area contributed by atoms with E-state index in [4.69, 9.17) is 4.74 Å². The van der Waals surface area contributed by atoms with Crippen molar-refractivity contribution in [1.29, 1.82) is 0 Å². The average Bonchev–Trinajstić information content (AvgIpc) is 2.96. The van der Waals surface area contributed by atoms with Crippen molar-refractivity contribution in [1.82, 2.24) is 10.3 Å². The van der Waals surface area contributed by atoms with Crippen molar-refractivity contribution in [3.8, 4) is 11.6 Å². The van der Waals surface area contributed by atoms with Gasteiger partial charge in [-0.25, -0.2) is 9.78 Å². The van der Waals surface area contributed by atoms with E-state index in [1.165, 1.54) is 6.08 Å². The van der Waals surface area contributed by atoms with Crippen LogP contribution in [0.5, 0.6) is 11.6 Å². The van der Waals surface area contributed by atoms with E-state index >= 15 is 0 Å². The number of anilines is 1. The third-order valence-electron chi connectivity index (χ3n) is 6.45. The molecular weight excluding hydrogens is 498 g/mol. The van der Waals surface area contributed by atoms with Crippen LogP contribution < -0.4 is 15.4 Å². The van der Waals surface area contributed by atoms with Gasteiger partial charge in [-0.1, -0.05) is 82.3 Å². The number of pyridine rings is 1. The largest absolute Gasteiger partial charge is 0.438 e. The molecule has 6 heteroatoms. The number of para-hydroxylation sites is 2. The molecule has 4 rings (SSSR count). The van der Waals surface area contributed by atoms with Gasteiger partial charge in [-0.3, -0.25) is 4.79 Å². The molecule has 0 fully saturated rings. The lowest BCUT2D eigenvalue weighted by atomic mass is 9.93. The molecule has 0 aliphatic rings. The number of ketones is 1. The SMILES string of the molecule is CC(C)c1cccc(C(C)C)c1NC(=O)NCc1cccc(C(=O)C=Cc2cccnc2Oc2ccccc2)c1. The normalized spacial score (nSPS) is 11.2. The number of carbonyl (C=O) groups excluding carboxylic acids is 2. The highest BCUT2D eigenvalue weighted by Crippen LogP contribution is 2.32. The fraction of sp³-hybridized carbons (Fsp3) is 0.206. The molecule has 0 bridgehead atoms. The number of amides is 2. The molecule has 0 aliphatic carbocycles. The Morgan fingerprint density at radius 1 is 0.850 bits per heavy atom. The van der Waals surface area contributed by atoms with Crippen molar-refractivity contribution in [2.24, 2.45) is 0 Å². The van der Waals surface area contributed by atoms with Crippen LogP contribution >= 0.6 is 0 Å². The second-order valence-corrected chi connectivity index (χ2v) is 10.1.